The second kappa shape index (κ2) is 6.66. The van der Waals surface area contributed by atoms with Crippen molar-refractivity contribution in [2.75, 3.05) is 0 Å². The fraction of sp³-hybridized carbons (Fsp3) is 0.375. The summed E-state index contributed by atoms with van der Waals surface area (Å²) >= 11 is 1.43. The number of carbonyl (C=O) groups is 1. The van der Waals surface area contributed by atoms with Gasteiger partial charge in [-0.05, 0) is 23.5 Å². The molecule has 2 rings (SSSR count). The Bertz CT molecular complexity index is 546. The number of nitrogens with zero attached hydrogens (tertiary/aromatic N) is 1. The van der Waals surface area contributed by atoms with Crippen LogP contribution in [0.25, 0.3) is 0 Å². The van der Waals surface area contributed by atoms with E-state index < -0.39 is 0 Å². The molecule has 0 saturated carbocycles. The van der Waals surface area contributed by atoms with Crippen molar-refractivity contribution in [3.8, 4) is 0 Å². The van der Waals surface area contributed by atoms with Crippen molar-refractivity contribution in [3.05, 3.63) is 52.0 Å². The third-order valence-electron chi connectivity index (χ3n) is 3.37. The third kappa shape index (κ3) is 3.45. The molecule has 1 aromatic carbocycles. The largest absolute Gasteiger partial charge is 0.344 e. The van der Waals surface area contributed by atoms with E-state index in [9.17, 15) is 4.79 Å². The second-order valence-corrected chi connectivity index (χ2v) is 5.88. The van der Waals surface area contributed by atoms with Crippen LogP contribution in [0.2, 0.25) is 0 Å². The van der Waals surface area contributed by atoms with Crippen LogP contribution in [0.15, 0.2) is 35.2 Å². The minimum Gasteiger partial charge on any atom is -0.344 e. The molecule has 0 spiro atoms. The van der Waals surface area contributed by atoms with Crippen molar-refractivity contribution < 1.29 is 4.79 Å². The number of hydrogen-bond acceptors (Lipinski definition) is 3. The molecular weight excluding hydrogens is 268 g/mol. The van der Waals surface area contributed by atoms with Crippen LogP contribution in [0.4, 0.5) is 0 Å². The first-order valence-corrected chi connectivity index (χ1v) is 7.84. The summed E-state index contributed by atoms with van der Waals surface area (Å²) in [5.41, 5.74) is 4.61. The number of hydrogen-bond donors (Lipinski definition) is 1. The highest BCUT2D eigenvalue weighted by Gasteiger charge is 2.19. The van der Waals surface area contributed by atoms with Crippen LogP contribution in [-0.2, 0) is 6.42 Å². The summed E-state index contributed by atoms with van der Waals surface area (Å²) < 4.78 is 0. The molecule has 0 fully saturated rings. The van der Waals surface area contributed by atoms with Gasteiger partial charge in [0.1, 0.15) is 5.69 Å². The SMILES string of the molecule is CCc1ccc(C(NC(=O)c2cscn2)C(C)C)cc1. The van der Waals surface area contributed by atoms with E-state index in [1.54, 1.807) is 10.9 Å². The number of aromatic nitrogens is 1. The molecule has 0 aliphatic rings. The number of aryl methyl sites for hydroxylation is 1. The quantitative estimate of drug-likeness (QED) is 0.908. The molecule has 0 aliphatic carbocycles. The van der Waals surface area contributed by atoms with Gasteiger partial charge in [-0.1, -0.05) is 45.0 Å². The lowest BCUT2D eigenvalue weighted by Crippen LogP contribution is -2.31. The maximum Gasteiger partial charge on any atom is 0.271 e. The van der Waals surface area contributed by atoms with Crippen molar-refractivity contribution in [1.82, 2.24) is 10.3 Å². The number of nitrogens with one attached hydrogen (secondary N) is 1. The predicted molar refractivity (Wildman–Crippen MR) is 83.0 cm³/mol. The Morgan fingerprint density at radius 2 is 2.00 bits per heavy atom. The summed E-state index contributed by atoms with van der Waals surface area (Å²) in [7, 11) is 0. The Morgan fingerprint density at radius 1 is 1.30 bits per heavy atom. The van der Waals surface area contributed by atoms with Crippen molar-refractivity contribution in [2.24, 2.45) is 5.92 Å². The minimum atomic E-state index is -0.107. The molecule has 20 heavy (non-hydrogen) atoms. The van der Waals surface area contributed by atoms with E-state index in [-0.39, 0.29) is 11.9 Å². The molecule has 3 nitrogen and oxygen atoms in total. The lowest BCUT2D eigenvalue weighted by atomic mass is 9.95. The van der Waals surface area contributed by atoms with E-state index in [4.69, 9.17) is 0 Å². The van der Waals surface area contributed by atoms with Crippen LogP contribution in [0.3, 0.4) is 0 Å². The van der Waals surface area contributed by atoms with Gasteiger partial charge in [0.2, 0.25) is 0 Å². The number of thiazole rings is 1. The van der Waals surface area contributed by atoms with E-state index in [2.05, 4.69) is 55.3 Å². The zero-order chi connectivity index (χ0) is 14.5. The lowest BCUT2D eigenvalue weighted by Gasteiger charge is -2.22. The highest BCUT2D eigenvalue weighted by Crippen LogP contribution is 2.22. The smallest absolute Gasteiger partial charge is 0.271 e. The number of carbonyl (C=O) groups excluding carboxylic acids is 1. The maximum absolute atomic E-state index is 12.2. The number of rotatable bonds is 5. The molecule has 0 aliphatic heterocycles. The second-order valence-electron chi connectivity index (χ2n) is 5.16. The molecule has 1 aromatic heterocycles. The molecule has 106 valence electrons. The van der Waals surface area contributed by atoms with Crippen molar-refractivity contribution >= 4 is 17.2 Å². The normalized spacial score (nSPS) is 12.4. The average Bonchev–Trinajstić information content (AvgIpc) is 2.98. The van der Waals surface area contributed by atoms with Gasteiger partial charge in [0.25, 0.3) is 5.91 Å². The topological polar surface area (TPSA) is 42.0 Å². The average molecular weight is 288 g/mol. The first-order valence-electron chi connectivity index (χ1n) is 6.89. The molecule has 0 bridgehead atoms. The highest BCUT2D eigenvalue weighted by atomic mass is 32.1. The summed E-state index contributed by atoms with van der Waals surface area (Å²) in [6.45, 7) is 6.36. The Labute approximate surface area is 124 Å². The first kappa shape index (κ1) is 14.7. The van der Waals surface area contributed by atoms with Crippen LogP contribution in [-0.4, -0.2) is 10.9 Å². The van der Waals surface area contributed by atoms with Gasteiger partial charge in [-0.3, -0.25) is 4.79 Å². The Balaban J connectivity index is 2.16. The highest BCUT2D eigenvalue weighted by molar-refractivity contribution is 7.07. The van der Waals surface area contributed by atoms with Gasteiger partial charge < -0.3 is 5.32 Å². The summed E-state index contributed by atoms with van der Waals surface area (Å²) in [6.07, 6.45) is 1.03. The van der Waals surface area contributed by atoms with Gasteiger partial charge in [0.15, 0.2) is 0 Å². The summed E-state index contributed by atoms with van der Waals surface area (Å²) in [5, 5.41) is 4.85. The standard InChI is InChI=1S/C16H20N2OS/c1-4-12-5-7-13(8-6-12)15(11(2)3)18-16(19)14-9-20-10-17-14/h5-11,15H,4H2,1-3H3,(H,18,19). The molecule has 1 atom stereocenters. The van der Waals surface area contributed by atoms with Gasteiger partial charge in [-0.15, -0.1) is 11.3 Å². The molecule has 1 heterocycles. The fourth-order valence-corrected chi connectivity index (χ4v) is 2.67. The monoisotopic (exact) mass is 288 g/mol. The van der Waals surface area contributed by atoms with Crippen LogP contribution >= 0.6 is 11.3 Å². The summed E-state index contributed by atoms with van der Waals surface area (Å²) in [4.78, 5) is 16.2. The molecule has 2 aromatic rings. The maximum atomic E-state index is 12.2. The minimum absolute atomic E-state index is 0.00936. The van der Waals surface area contributed by atoms with Crippen molar-refractivity contribution in [1.29, 1.82) is 0 Å². The van der Waals surface area contributed by atoms with Gasteiger partial charge >= 0.3 is 0 Å². The van der Waals surface area contributed by atoms with Gasteiger partial charge in [0.05, 0.1) is 11.6 Å². The zero-order valence-electron chi connectivity index (χ0n) is 12.1. The Hall–Kier alpha value is -1.68. The summed E-state index contributed by atoms with van der Waals surface area (Å²) in [6, 6.07) is 8.46. The molecule has 0 radical (unpaired) electrons. The lowest BCUT2D eigenvalue weighted by molar-refractivity contribution is 0.0921. The van der Waals surface area contributed by atoms with E-state index in [0.717, 1.165) is 12.0 Å². The number of benzene rings is 1. The summed E-state index contributed by atoms with van der Waals surface area (Å²) in [5.74, 6) is 0.217. The molecular formula is C16H20N2OS. The van der Waals surface area contributed by atoms with Crippen LogP contribution in [0, 0.1) is 5.92 Å². The van der Waals surface area contributed by atoms with Crippen LogP contribution < -0.4 is 5.32 Å². The molecule has 1 N–H and O–H groups in total. The van der Waals surface area contributed by atoms with Gasteiger partial charge in [0, 0.05) is 5.38 Å². The zero-order valence-corrected chi connectivity index (χ0v) is 12.9. The van der Waals surface area contributed by atoms with Crippen LogP contribution in [0.5, 0.6) is 0 Å². The van der Waals surface area contributed by atoms with Gasteiger partial charge in [-0.25, -0.2) is 4.98 Å². The molecule has 1 amide bonds. The molecule has 0 saturated heterocycles. The van der Waals surface area contributed by atoms with E-state index in [1.165, 1.54) is 16.9 Å². The van der Waals surface area contributed by atoms with Crippen molar-refractivity contribution in [2.45, 2.75) is 33.2 Å². The van der Waals surface area contributed by atoms with E-state index in [1.807, 2.05) is 0 Å². The van der Waals surface area contributed by atoms with E-state index >= 15 is 0 Å². The third-order valence-corrected chi connectivity index (χ3v) is 3.95. The Morgan fingerprint density at radius 3 is 2.50 bits per heavy atom. The Kier molecular flexibility index (Phi) is 4.90. The van der Waals surface area contributed by atoms with Crippen molar-refractivity contribution in [3.63, 3.8) is 0 Å². The van der Waals surface area contributed by atoms with Gasteiger partial charge in [-0.2, -0.15) is 0 Å². The number of amides is 1. The molecule has 1 unspecified atom stereocenters. The van der Waals surface area contributed by atoms with E-state index in [0.29, 0.717) is 11.6 Å². The molecule has 4 heteroatoms. The van der Waals surface area contributed by atoms with Crippen LogP contribution in [0.1, 0.15) is 48.4 Å². The fourth-order valence-electron chi connectivity index (χ4n) is 2.14. The first-order chi connectivity index (χ1) is 9.61. The predicted octanol–water partition coefficient (Wildman–Crippen LogP) is 3.83.